The first kappa shape index (κ1) is 22.7. The van der Waals surface area contributed by atoms with E-state index < -0.39 is 0 Å². The van der Waals surface area contributed by atoms with Gasteiger partial charge in [-0.2, -0.15) is 0 Å². The summed E-state index contributed by atoms with van der Waals surface area (Å²) in [5.74, 6) is -0.262. The molecule has 0 aliphatic carbocycles. The van der Waals surface area contributed by atoms with Gasteiger partial charge in [0.15, 0.2) is 0 Å². The van der Waals surface area contributed by atoms with E-state index in [-0.39, 0.29) is 12.6 Å². The maximum Gasteiger partial charge on any atom is 0.338 e. The number of benzene rings is 2. The number of carbonyl (C=O) groups is 1. The molecule has 0 spiro atoms. The molecule has 148 valence electrons. The summed E-state index contributed by atoms with van der Waals surface area (Å²) < 4.78 is 5.18. The van der Waals surface area contributed by atoms with Crippen molar-refractivity contribution in [2.45, 2.75) is 26.4 Å². The molecule has 2 aromatic rings. The van der Waals surface area contributed by atoms with Crippen molar-refractivity contribution in [2.24, 2.45) is 0 Å². The average molecular weight is 373 g/mol. The highest BCUT2D eigenvalue weighted by molar-refractivity contribution is 5.89. The van der Waals surface area contributed by atoms with Crippen LogP contribution in [0.5, 0.6) is 0 Å². The molecule has 0 aliphatic heterocycles. The van der Waals surface area contributed by atoms with E-state index in [9.17, 15) is 4.79 Å². The largest absolute Gasteiger partial charge is 0.461 e. The average Bonchev–Trinajstić information content (AvgIpc) is 2.69. The molecule has 0 unspecified atom stereocenters. The van der Waals surface area contributed by atoms with Crippen molar-refractivity contribution >= 4 is 11.7 Å². The number of nitrogens with zero attached hydrogens (tertiary/aromatic N) is 1. The number of likely N-dealkylation sites (N-methyl/N-ethyl adjacent to an activating group) is 1. The lowest BCUT2D eigenvalue weighted by molar-refractivity contribution is 0.0482. The first-order valence-electron chi connectivity index (χ1n) is 9.37. The second-order valence-electron chi connectivity index (χ2n) is 6.44. The Morgan fingerprint density at radius 2 is 1.74 bits per heavy atom. The molecule has 0 saturated heterocycles. The van der Waals surface area contributed by atoms with Crippen molar-refractivity contribution in [3.8, 4) is 0 Å². The molecule has 0 amide bonds. The monoisotopic (exact) mass is 372 g/mol. The molecule has 2 aromatic carbocycles. The number of rotatable bonds is 9. The number of hydrogen-bond donors (Lipinski definition) is 2. The van der Waals surface area contributed by atoms with Gasteiger partial charge in [0, 0.05) is 18.8 Å². The Morgan fingerprint density at radius 1 is 1.07 bits per heavy atom. The van der Waals surface area contributed by atoms with Crippen molar-refractivity contribution in [1.29, 1.82) is 0 Å². The van der Waals surface area contributed by atoms with Crippen LogP contribution in [0.4, 0.5) is 5.69 Å². The van der Waals surface area contributed by atoms with Crippen LogP contribution in [-0.4, -0.2) is 49.8 Å². The zero-order valence-corrected chi connectivity index (χ0v) is 16.6. The summed E-state index contributed by atoms with van der Waals surface area (Å²) >= 11 is 0. The normalized spacial score (nSPS) is 10.1. The lowest BCUT2D eigenvalue weighted by Crippen LogP contribution is -2.20. The Hall–Kier alpha value is -2.37. The molecule has 2 rings (SSSR count). The van der Waals surface area contributed by atoms with Crippen LogP contribution in [0.25, 0.3) is 0 Å². The molecule has 5 nitrogen and oxygen atoms in total. The first-order valence-corrected chi connectivity index (χ1v) is 9.37. The van der Waals surface area contributed by atoms with Crippen LogP contribution in [-0.2, 0) is 11.3 Å². The number of hydrogen-bond acceptors (Lipinski definition) is 5. The van der Waals surface area contributed by atoms with Crippen LogP contribution in [0.2, 0.25) is 0 Å². The summed E-state index contributed by atoms with van der Waals surface area (Å²) in [4.78, 5) is 13.7. The van der Waals surface area contributed by atoms with Gasteiger partial charge in [-0.1, -0.05) is 43.7 Å². The van der Waals surface area contributed by atoms with Crippen LogP contribution < -0.4 is 5.32 Å². The van der Waals surface area contributed by atoms with Gasteiger partial charge in [-0.25, -0.2) is 4.79 Å². The highest BCUT2D eigenvalue weighted by Crippen LogP contribution is 2.10. The quantitative estimate of drug-likeness (QED) is 0.518. The number of ether oxygens (including phenoxy) is 1. The van der Waals surface area contributed by atoms with Gasteiger partial charge in [0.05, 0.1) is 12.2 Å². The Balaban J connectivity index is 0.000000377. The van der Waals surface area contributed by atoms with Crippen molar-refractivity contribution in [3.05, 3.63) is 65.7 Å². The SMILES string of the molecule is CCCCNc1ccc(C(=O)OCCN(C)C)cc1.OCc1ccccc1. The molecule has 2 N–H and O–H groups in total. The van der Waals surface area contributed by atoms with E-state index in [0.717, 1.165) is 30.8 Å². The van der Waals surface area contributed by atoms with Gasteiger partial charge in [-0.3, -0.25) is 0 Å². The fourth-order valence-electron chi connectivity index (χ4n) is 2.12. The minimum atomic E-state index is -0.262. The number of carbonyl (C=O) groups excluding carboxylic acids is 1. The third-order valence-electron chi connectivity index (χ3n) is 3.78. The summed E-state index contributed by atoms with van der Waals surface area (Å²) in [6.45, 7) is 4.42. The molecule has 0 aromatic heterocycles. The molecule has 0 atom stereocenters. The summed E-state index contributed by atoms with van der Waals surface area (Å²) in [5.41, 5.74) is 2.60. The van der Waals surface area contributed by atoms with Crippen molar-refractivity contribution in [3.63, 3.8) is 0 Å². The van der Waals surface area contributed by atoms with Crippen molar-refractivity contribution in [1.82, 2.24) is 4.90 Å². The van der Waals surface area contributed by atoms with Crippen LogP contribution in [0.15, 0.2) is 54.6 Å². The van der Waals surface area contributed by atoms with Crippen LogP contribution in [0, 0.1) is 0 Å². The van der Waals surface area contributed by atoms with E-state index in [0.29, 0.717) is 12.2 Å². The zero-order chi connectivity index (χ0) is 19.9. The predicted octanol–water partition coefficient (Wildman–Crippen LogP) is 3.80. The molecule has 0 fully saturated rings. The van der Waals surface area contributed by atoms with Crippen LogP contribution in [0.1, 0.15) is 35.7 Å². The van der Waals surface area contributed by atoms with Gasteiger partial charge < -0.3 is 20.1 Å². The molecule has 0 heterocycles. The van der Waals surface area contributed by atoms with E-state index in [4.69, 9.17) is 9.84 Å². The van der Waals surface area contributed by atoms with Gasteiger partial charge in [-0.05, 0) is 50.3 Å². The lowest BCUT2D eigenvalue weighted by atomic mass is 10.2. The highest BCUT2D eigenvalue weighted by atomic mass is 16.5. The molecule has 0 saturated carbocycles. The van der Waals surface area contributed by atoms with E-state index in [1.165, 1.54) is 6.42 Å². The number of esters is 1. The number of unbranched alkanes of at least 4 members (excludes halogenated alkanes) is 1. The van der Waals surface area contributed by atoms with Gasteiger partial charge in [0.1, 0.15) is 6.61 Å². The third-order valence-corrected chi connectivity index (χ3v) is 3.78. The first-order chi connectivity index (χ1) is 13.1. The number of anilines is 1. The third kappa shape index (κ3) is 10.4. The molecular weight excluding hydrogens is 340 g/mol. The smallest absolute Gasteiger partial charge is 0.338 e. The Kier molecular flexibility index (Phi) is 11.6. The molecule has 0 radical (unpaired) electrons. The number of aliphatic hydroxyl groups is 1. The maximum atomic E-state index is 11.7. The fourth-order valence-corrected chi connectivity index (χ4v) is 2.12. The van der Waals surface area contributed by atoms with Crippen molar-refractivity contribution in [2.75, 3.05) is 39.1 Å². The standard InChI is InChI=1S/C15H24N2O2.C7H8O/c1-4-5-10-16-14-8-6-13(7-9-14)15(18)19-12-11-17(2)3;8-6-7-4-2-1-3-5-7/h6-9,16H,4-5,10-12H2,1-3H3;1-5,8H,6H2. The van der Waals surface area contributed by atoms with Crippen molar-refractivity contribution < 1.29 is 14.6 Å². The van der Waals surface area contributed by atoms with E-state index in [2.05, 4.69) is 12.2 Å². The second kappa shape index (κ2) is 13.8. The Bertz CT molecular complexity index is 628. The lowest BCUT2D eigenvalue weighted by Gasteiger charge is -2.10. The summed E-state index contributed by atoms with van der Waals surface area (Å²) in [6, 6.07) is 16.9. The molecule has 0 aliphatic rings. The molecular formula is C22H32N2O3. The molecule has 27 heavy (non-hydrogen) atoms. The topological polar surface area (TPSA) is 61.8 Å². The minimum Gasteiger partial charge on any atom is -0.461 e. The fraction of sp³-hybridized carbons (Fsp3) is 0.409. The highest BCUT2D eigenvalue weighted by Gasteiger charge is 2.06. The Morgan fingerprint density at radius 3 is 2.26 bits per heavy atom. The predicted molar refractivity (Wildman–Crippen MR) is 111 cm³/mol. The summed E-state index contributed by atoms with van der Waals surface area (Å²) in [6.07, 6.45) is 2.32. The van der Waals surface area contributed by atoms with Crippen LogP contribution >= 0.6 is 0 Å². The van der Waals surface area contributed by atoms with Gasteiger partial charge in [-0.15, -0.1) is 0 Å². The number of nitrogens with one attached hydrogen (secondary N) is 1. The second-order valence-corrected chi connectivity index (χ2v) is 6.44. The van der Waals surface area contributed by atoms with Crippen LogP contribution in [0.3, 0.4) is 0 Å². The molecule has 5 heteroatoms. The van der Waals surface area contributed by atoms with Gasteiger partial charge >= 0.3 is 5.97 Å². The zero-order valence-electron chi connectivity index (χ0n) is 16.6. The maximum absolute atomic E-state index is 11.7. The summed E-state index contributed by atoms with van der Waals surface area (Å²) in [5, 5.41) is 11.8. The van der Waals surface area contributed by atoms with Gasteiger partial charge in [0.2, 0.25) is 0 Å². The molecule has 0 bridgehead atoms. The van der Waals surface area contributed by atoms with E-state index in [1.54, 1.807) is 12.1 Å². The minimum absolute atomic E-state index is 0.140. The van der Waals surface area contributed by atoms with E-state index >= 15 is 0 Å². The number of aliphatic hydroxyl groups excluding tert-OH is 1. The summed E-state index contributed by atoms with van der Waals surface area (Å²) in [7, 11) is 3.90. The Labute approximate surface area is 163 Å². The van der Waals surface area contributed by atoms with Gasteiger partial charge in [0.25, 0.3) is 0 Å². The van der Waals surface area contributed by atoms with E-state index in [1.807, 2.05) is 61.5 Å².